The van der Waals surface area contributed by atoms with E-state index in [9.17, 15) is 9.18 Å². The summed E-state index contributed by atoms with van der Waals surface area (Å²) in [5.74, 6) is 0.643. The second-order valence-corrected chi connectivity index (χ2v) is 12.7. The van der Waals surface area contributed by atoms with Crippen molar-refractivity contribution in [3.8, 4) is 6.01 Å². The molecule has 11 heteroatoms. The molecule has 3 aromatic rings. The zero-order chi connectivity index (χ0) is 31.6. The Bertz CT molecular complexity index is 1610. The number of benzene rings is 2. The number of fused-ring (bicyclic) bond motifs is 2. The van der Waals surface area contributed by atoms with Gasteiger partial charge in [-0.3, -0.25) is 9.69 Å². The van der Waals surface area contributed by atoms with Gasteiger partial charge in [0, 0.05) is 62.5 Å². The van der Waals surface area contributed by atoms with E-state index in [1.807, 2.05) is 12.1 Å². The highest BCUT2D eigenvalue weighted by Gasteiger charge is 2.35. The molecule has 0 unspecified atom stereocenters. The van der Waals surface area contributed by atoms with E-state index in [-0.39, 0.29) is 18.5 Å². The van der Waals surface area contributed by atoms with Gasteiger partial charge in [-0.1, -0.05) is 42.4 Å². The standard InChI is InChI=1S/C34H39ClFN7O2/c1-4-30(44)43-18-17-42(22-25(43)21-37-3)32-26-11-14-41(29-10-6-8-24-7-5-9-27(35)31(24)29)23-28(26)38-33(39-32)45-20-19-40-15-12-34(2,36)13-16-40/h4-10,25H,1,11-23H2,2H3/t25-/m0/s1. The lowest BCUT2D eigenvalue weighted by molar-refractivity contribution is -0.128. The van der Waals surface area contributed by atoms with Crippen LogP contribution < -0.4 is 14.5 Å². The van der Waals surface area contributed by atoms with Gasteiger partial charge < -0.3 is 24.3 Å². The van der Waals surface area contributed by atoms with Crippen LogP contribution in [0.1, 0.15) is 31.0 Å². The molecule has 0 bridgehead atoms. The molecular weight excluding hydrogens is 593 g/mol. The van der Waals surface area contributed by atoms with Crippen molar-refractivity contribution in [3.05, 3.63) is 76.8 Å². The van der Waals surface area contributed by atoms with Gasteiger partial charge in [0.25, 0.3) is 0 Å². The Kier molecular flexibility index (Phi) is 9.11. The van der Waals surface area contributed by atoms with E-state index in [1.165, 1.54) is 6.08 Å². The third-order valence-corrected chi connectivity index (χ3v) is 9.59. The van der Waals surface area contributed by atoms with Crippen LogP contribution in [0.2, 0.25) is 5.02 Å². The van der Waals surface area contributed by atoms with Crippen LogP contribution >= 0.6 is 11.6 Å². The molecule has 0 spiro atoms. The Morgan fingerprint density at radius 1 is 1.16 bits per heavy atom. The molecule has 1 atom stereocenters. The third kappa shape index (κ3) is 6.70. The van der Waals surface area contributed by atoms with Gasteiger partial charge in [0.2, 0.25) is 12.5 Å². The molecule has 2 aromatic carbocycles. The minimum atomic E-state index is -1.10. The van der Waals surface area contributed by atoms with Crippen molar-refractivity contribution in [2.24, 2.45) is 0 Å². The van der Waals surface area contributed by atoms with Crippen molar-refractivity contribution in [2.45, 2.75) is 44.4 Å². The van der Waals surface area contributed by atoms with Gasteiger partial charge in [-0.2, -0.15) is 9.97 Å². The van der Waals surface area contributed by atoms with Gasteiger partial charge in [-0.15, -0.1) is 0 Å². The Morgan fingerprint density at radius 3 is 2.69 bits per heavy atom. The van der Waals surface area contributed by atoms with Crippen LogP contribution in [-0.2, 0) is 17.8 Å². The zero-order valence-corrected chi connectivity index (χ0v) is 26.5. The second-order valence-electron chi connectivity index (χ2n) is 12.3. The number of amides is 1. The maximum absolute atomic E-state index is 14.3. The highest BCUT2D eigenvalue weighted by molar-refractivity contribution is 6.36. The van der Waals surface area contributed by atoms with Crippen molar-refractivity contribution in [1.29, 1.82) is 0 Å². The van der Waals surface area contributed by atoms with E-state index in [4.69, 9.17) is 32.9 Å². The summed E-state index contributed by atoms with van der Waals surface area (Å²) in [6.07, 6.45) is 3.08. The molecule has 0 N–H and O–H groups in total. The lowest BCUT2D eigenvalue weighted by Crippen LogP contribution is -2.56. The fourth-order valence-electron chi connectivity index (χ4n) is 6.69. The summed E-state index contributed by atoms with van der Waals surface area (Å²) in [6.45, 7) is 18.4. The Balaban J connectivity index is 1.28. The van der Waals surface area contributed by atoms with Gasteiger partial charge in [0.15, 0.2) is 0 Å². The summed E-state index contributed by atoms with van der Waals surface area (Å²) < 4.78 is 20.5. The summed E-state index contributed by atoms with van der Waals surface area (Å²) in [7, 11) is 0. The monoisotopic (exact) mass is 631 g/mol. The second kappa shape index (κ2) is 13.2. The highest BCUT2D eigenvalue weighted by atomic mass is 35.5. The Labute approximate surface area is 269 Å². The first-order chi connectivity index (χ1) is 21.8. The summed E-state index contributed by atoms with van der Waals surface area (Å²) in [4.78, 5) is 34.5. The van der Waals surface area contributed by atoms with E-state index < -0.39 is 5.67 Å². The van der Waals surface area contributed by atoms with Gasteiger partial charge in [-0.05, 0) is 49.8 Å². The molecule has 0 saturated carbocycles. The van der Waals surface area contributed by atoms with Crippen LogP contribution in [0.25, 0.3) is 15.6 Å². The number of rotatable bonds is 8. The Hall–Kier alpha value is -3.94. The average Bonchev–Trinajstić information content (AvgIpc) is 3.04. The number of anilines is 2. The van der Waals surface area contributed by atoms with Crippen molar-refractivity contribution in [2.75, 3.05) is 68.8 Å². The summed E-state index contributed by atoms with van der Waals surface area (Å²) >= 11 is 6.70. The number of piperidine rings is 1. The Morgan fingerprint density at radius 2 is 1.93 bits per heavy atom. The van der Waals surface area contributed by atoms with Gasteiger partial charge >= 0.3 is 6.01 Å². The van der Waals surface area contributed by atoms with E-state index in [0.29, 0.717) is 76.3 Å². The first kappa shape index (κ1) is 31.1. The quantitative estimate of drug-likeness (QED) is 0.251. The zero-order valence-electron chi connectivity index (χ0n) is 25.7. The number of piperazine rings is 1. The minimum absolute atomic E-state index is 0.160. The predicted octanol–water partition coefficient (Wildman–Crippen LogP) is 5.17. The van der Waals surface area contributed by atoms with Crippen LogP contribution in [0.5, 0.6) is 6.01 Å². The van der Waals surface area contributed by atoms with Crippen LogP contribution in [-0.4, -0.2) is 96.4 Å². The first-order valence-corrected chi connectivity index (χ1v) is 16.0. The van der Waals surface area contributed by atoms with Gasteiger partial charge in [0.05, 0.1) is 17.3 Å². The molecule has 236 valence electrons. The van der Waals surface area contributed by atoms with E-state index in [0.717, 1.165) is 46.5 Å². The van der Waals surface area contributed by atoms with E-state index >= 15 is 0 Å². The lowest BCUT2D eigenvalue weighted by Gasteiger charge is -2.41. The van der Waals surface area contributed by atoms with Gasteiger partial charge in [0.1, 0.15) is 24.1 Å². The van der Waals surface area contributed by atoms with E-state index in [2.05, 4.69) is 50.4 Å². The molecule has 0 aliphatic carbocycles. The molecule has 2 fully saturated rings. The maximum atomic E-state index is 14.3. The first-order valence-electron chi connectivity index (χ1n) is 15.6. The molecule has 4 heterocycles. The number of hydrogen-bond donors (Lipinski definition) is 0. The van der Waals surface area contributed by atoms with E-state index in [1.54, 1.807) is 11.8 Å². The number of ether oxygens (including phenoxy) is 1. The summed E-state index contributed by atoms with van der Waals surface area (Å²) in [5.41, 5.74) is 1.92. The molecule has 2 saturated heterocycles. The van der Waals surface area contributed by atoms with Crippen molar-refractivity contribution in [3.63, 3.8) is 0 Å². The fourth-order valence-corrected chi connectivity index (χ4v) is 6.96. The third-order valence-electron chi connectivity index (χ3n) is 9.27. The normalized spacial score (nSPS) is 20.0. The molecule has 1 aromatic heterocycles. The molecule has 45 heavy (non-hydrogen) atoms. The van der Waals surface area contributed by atoms with Crippen LogP contribution in [0.15, 0.2) is 49.1 Å². The number of nitrogens with zero attached hydrogens (tertiary/aromatic N) is 7. The number of aromatic nitrogens is 2. The smallest absolute Gasteiger partial charge is 0.318 e. The molecule has 0 radical (unpaired) electrons. The average molecular weight is 632 g/mol. The number of carbonyl (C=O) groups excluding carboxylic acids is 1. The number of likely N-dealkylation sites (tertiary alicyclic amines) is 1. The number of halogens is 2. The molecule has 3 aliphatic heterocycles. The molecular formula is C34H39ClFN7O2. The molecule has 1 amide bonds. The predicted molar refractivity (Wildman–Crippen MR) is 176 cm³/mol. The molecule has 6 rings (SSSR count). The number of carbonyl (C=O) groups is 1. The van der Waals surface area contributed by atoms with Crippen molar-refractivity contribution < 1.29 is 13.9 Å². The number of alkyl halides is 1. The highest BCUT2D eigenvalue weighted by Crippen LogP contribution is 2.37. The van der Waals surface area contributed by atoms with Crippen molar-refractivity contribution >= 4 is 39.8 Å². The topological polar surface area (TPSA) is 69.4 Å². The van der Waals surface area contributed by atoms with Crippen LogP contribution in [0, 0.1) is 6.57 Å². The van der Waals surface area contributed by atoms with Gasteiger partial charge in [-0.25, -0.2) is 11.0 Å². The largest absolute Gasteiger partial charge is 0.462 e. The SMILES string of the molecule is [C-]#[N+]C[C@H]1CN(c2nc(OCCN3CCC(C)(F)CC3)nc3c2CCN(c2cccc4cccc(Cl)c24)C3)CCN1C(=O)C=C. The van der Waals surface area contributed by atoms with Crippen molar-refractivity contribution in [1.82, 2.24) is 19.8 Å². The lowest BCUT2D eigenvalue weighted by atomic mass is 9.96. The number of hydrogen-bond acceptors (Lipinski definition) is 7. The van der Waals surface area contributed by atoms with Crippen LogP contribution in [0.4, 0.5) is 15.9 Å². The summed E-state index contributed by atoms with van der Waals surface area (Å²) in [5, 5.41) is 2.82. The minimum Gasteiger partial charge on any atom is -0.462 e. The fraction of sp³-hybridized carbons (Fsp3) is 0.471. The molecule has 9 nitrogen and oxygen atoms in total. The molecule has 3 aliphatic rings. The summed E-state index contributed by atoms with van der Waals surface area (Å²) in [6, 6.07) is 12.2. The van der Waals surface area contributed by atoms with Crippen LogP contribution in [0.3, 0.4) is 0 Å². The maximum Gasteiger partial charge on any atom is 0.318 e.